The molecule has 200 valence electrons. The average Bonchev–Trinajstić information content (AvgIpc) is 3.10. The van der Waals surface area contributed by atoms with Crippen LogP contribution in [-0.4, -0.2) is 168 Å². The van der Waals surface area contributed by atoms with E-state index in [1.54, 1.807) is 0 Å². The van der Waals surface area contributed by atoms with Gasteiger partial charge in [-0.1, -0.05) is 0 Å². The van der Waals surface area contributed by atoms with Crippen LogP contribution < -0.4 is 0 Å². The van der Waals surface area contributed by atoms with Crippen molar-refractivity contribution in [2.24, 2.45) is 0 Å². The molecule has 34 heavy (non-hydrogen) atoms. The van der Waals surface area contributed by atoms with Crippen molar-refractivity contribution < 1.29 is 79.9 Å². The van der Waals surface area contributed by atoms with Crippen LogP contribution in [0.4, 0.5) is 0 Å². The summed E-state index contributed by atoms with van der Waals surface area (Å²) in [4.78, 5) is 0. The average molecular weight is 504 g/mol. The molecule has 0 aromatic carbocycles. The van der Waals surface area contributed by atoms with Gasteiger partial charge in [0.1, 0.15) is 73.8 Å². The zero-order valence-electron chi connectivity index (χ0n) is 17.8. The summed E-state index contributed by atoms with van der Waals surface area (Å²) in [5, 5.41) is 109. The second-order valence-corrected chi connectivity index (χ2v) is 8.37. The molecule has 0 bridgehead atoms. The highest BCUT2D eigenvalue weighted by Crippen LogP contribution is 2.38. The van der Waals surface area contributed by atoms with E-state index in [9.17, 15) is 56.2 Å². The van der Waals surface area contributed by atoms with E-state index in [1.165, 1.54) is 0 Å². The molecule has 0 aromatic heterocycles. The first-order chi connectivity index (χ1) is 16.0. The van der Waals surface area contributed by atoms with Gasteiger partial charge in [-0.2, -0.15) is 0 Å². The first-order valence-electron chi connectivity index (χ1n) is 10.6. The van der Waals surface area contributed by atoms with Gasteiger partial charge in [0.2, 0.25) is 5.79 Å². The molecule has 11 N–H and O–H groups in total. The predicted molar refractivity (Wildman–Crippen MR) is 101 cm³/mol. The van der Waals surface area contributed by atoms with Crippen molar-refractivity contribution in [1.82, 2.24) is 0 Å². The number of hydrogen-bond acceptors (Lipinski definition) is 16. The van der Waals surface area contributed by atoms with Crippen LogP contribution in [0.5, 0.6) is 0 Å². The molecule has 3 saturated heterocycles. The minimum Gasteiger partial charge on any atom is -0.394 e. The molecule has 0 aromatic rings. The number of ether oxygens (including phenoxy) is 5. The fourth-order valence-corrected chi connectivity index (χ4v) is 4.11. The third-order valence-corrected chi connectivity index (χ3v) is 6.18. The molecule has 3 rings (SSSR count). The van der Waals surface area contributed by atoms with Crippen LogP contribution in [0.15, 0.2) is 0 Å². The summed E-state index contributed by atoms with van der Waals surface area (Å²) >= 11 is 0. The van der Waals surface area contributed by atoms with Gasteiger partial charge in [-0.3, -0.25) is 0 Å². The molecular weight excluding hydrogens is 472 g/mol. The van der Waals surface area contributed by atoms with Crippen LogP contribution in [-0.2, 0) is 23.7 Å². The van der Waals surface area contributed by atoms with Crippen LogP contribution in [0.25, 0.3) is 0 Å². The maximum atomic E-state index is 10.9. The van der Waals surface area contributed by atoms with Crippen molar-refractivity contribution in [3.05, 3.63) is 0 Å². The molecule has 16 heteroatoms. The third kappa shape index (κ3) is 4.96. The Labute approximate surface area is 192 Å². The standard InChI is InChI=1S/C18H32O16/c19-1-5-8(23)10(25)12(27)16(30-5)32-14-7(3-21)33-18(4-22,15(14)29)34-17-13(28)11(26)9(24)6(2-20)31-17/h5-17,19-29H,1-4H2/t5-,6-,7-,8+,9-,10+,11+,12-,13-,14-,15+,16-,17-,18+/m1/s1. The summed E-state index contributed by atoms with van der Waals surface area (Å²) in [6.07, 6.45) is -22.0. The van der Waals surface area contributed by atoms with E-state index >= 15 is 0 Å². The topological polar surface area (TPSA) is 269 Å². The highest BCUT2D eigenvalue weighted by atomic mass is 16.8. The zero-order chi connectivity index (χ0) is 25.4. The van der Waals surface area contributed by atoms with Crippen LogP contribution in [0, 0.1) is 0 Å². The van der Waals surface area contributed by atoms with Gasteiger partial charge in [0.15, 0.2) is 12.6 Å². The molecule has 3 aliphatic heterocycles. The molecule has 0 amide bonds. The lowest BCUT2D eigenvalue weighted by Crippen LogP contribution is -2.63. The van der Waals surface area contributed by atoms with Crippen LogP contribution >= 0.6 is 0 Å². The first kappa shape index (κ1) is 27.9. The van der Waals surface area contributed by atoms with Crippen LogP contribution in [0.1, 0.15) is 0 Å². The second kappa shape index (κ2) is 11.2. The Bertz CT molecular complexity index is 651. The maximum Gasteiger partial charge on any atom is 0.224 e. The largest absolute Gasteiger partial charge is 0.394 e. The molecule has 3 aliphatic rings. The van der Waals surface area contributed by atoms with Gasteiger partial charge in [0, 0.05) is 0 Å². The van der Waals surface area contributed by atoms with Crippen molar-refractivity contribution >= 4 is 0 Å². The van der Waals surface area contributed by atoms with E-state index in [-0.39, 0.29) is 0 Å². The maximum absolute atomic E-state index is 10.9. The van der Waals surface area contributed by atoms with Gasteiger partial charge >= 0.3 is 0 Å². The summed E-state index contributed by atoms with van der Waals surface area (Å²) in [6.45, 7) is -3.45. The summed E-state index contributed by atoms with van der Waals surface area (Å²) in [6, 6.07) is 0. The van der Waals surface area contributed by atoms with Gasteiger partial charge in [-0.05, 0) is 0 Å². The lowest BCUT2D eigenvalue weighted by Gasteiger charge is -2.43. The zero-order valence-corrected chi connectivity index (χ0v) is 17.8. The van der Waals surface area contributed by atoms with E-state index in [0.717, 1.165) is 0 Å². The molecule has 3 heterocycles. The Hall–Kier alpha value is -0.640. The van der Waals surface area contributed by atoms with Gasteiger partial charge in [0.05, 0.1) is 19.8 Å². The SMILES string of the molecule is OC[C@H]1O[C@H](O[C@@H]2[C@@H](CO)O[C@@](CO)(O[C@H]3O[C@H](CO)[C@@H](O)[C@H](O)[C@H]3O)[C@H]2O)[C@H](O)[C@@H](O)[C@H]1O. The van der Waals surface area contributed by atoms with Crippen molar-refractivity contribution in [1.29, 1.82) is 0 Å². The second-order valence-electron chi connectivity index (χ2n) is 8.37. The Morgan fingerprint density at radius 1 is 0.588 bits per heavy atom. The van der Waals surface area contributed by atoms with E-state index in [0.29, 0.717) is 0 Å². The van der Waals surface area contributed by atoms with E-state index in [4.69, 9.17) is 23.7 Å². The Morgan fingerprint density at radius 3 is 1.53 bits per heavy atom. The van der Waals surface area contributed by atoms with Crippen molar-refractivity contribution in [3.8, 4) is 0 Å². The van der Waals surface area contributed by atoms with E-state index in [2.05, 4.69) is 0 Å². The van der Waals surface area contributed by atoms with E-state index < -0.39 is 112 Å². The van der Waals surface area contributed by atoms with Gasteiger partial charge in [-0.25, -0.2) is 0 Å². The molecular formula is C18H32O16. The molecule has 14 atom stereocenters. The van der Waals surface area contributed by atoms with Crippen molar-refractivity contribution in [2.75, 3.05) is 26.4 Å². The summed E-state index contributed by atoms with van der Waals surface area (Å²) in [5.74, 6) is -2.43. The minimum absolute atomic E-state index is 0.751. The number of rotatable bonds is 8. The highest BCUT2D eigenvalue weighted by Gasteiger charge is 2.60. The van der Waals surface area contributed by atoms with Crippen LogP contribution in [0.3, 0.4) is 0 Å². The van der Waals surface area contributed by atoms with Crippen molar-refractivity contribution in [2.45, 2.75) is 85.5 Å². The molecule has 0 spiro atoms. The molecule has 0 aliphatic carbocycles. The monoisotopic (exact) mass is 504 g/mol. The first-order valence-corrected chi connectivity index (χ1v) is 10.6. The summed E-state index contributed by atoms with van der Waals surface area (Å²) in [7, 11) is 0. The smallest absolute Gasteiger partial charge is 0.224 e. The molecule has 0 saturated carbocycles. The number of aliphatic hydroxyl groups is 11. The predicted octanol–water partition coefficient (Wildman–Crippen LogP) is -7.57. The molecule has 3 fully saturated rings. The molecule has 0 radical (unpaired) electrons. The number of hydrogen-bond donors (Lipinski definition) is 11. The summed E-state index contributed by atoms with van der Waals surface area (Å²) in [5.41, 5.74) is 0. The summed E-state index contributed by atoms with van der Waals surface area (Å²) < 4.78 is 26.8. The highest BCUT2D eigenvalue weighted by molar-refractivity contribution is 5.00. The minimum atomic E-state index is -2.43. The quantitative estimate of drug-likeness (QED) is 0.146. The van der Waals surface area contributed by atoms with E-state index in [1.807, 2.05) is 0 Å². The lowest BCUT2D eigenvalue weighted by molar-refractivity contribution is -0.384. The van der Waals surface area contributed by atoms with Gasteiger partial charge in [-0.15, -0.1) is 0 Å². The fraction of sp³-hybridized carbons (Fsp3) is 1.00. The number of aliphatic hydroxyl groups excluding tert-OH is 11. The third-order valence-electron chi connectivity index (χ3n) is 6.18. The Kier molecular flexibility index (Phi) is 9.18. The van der Waals surface area contributed by atoms with Gasteiger partial charge in [0.25, 0.3) is 0 Å². The Balaban J connectivity index is 1.79. The fourth-order valence-electron chi connectivity index (χ4n) is 4.11. The Morgan fingerprint density at radius 2 is 1.06 bits per heavy atom. The normalized spacial score (nSPS) is 52.1. The van der Waals surface area contributed by atoms with Crippen LogP contribution in [0.2, 0.25) is 0 Å². The molecule has 0 unspecified atom stereocenters. The van der Waals surface area contributed by atoms with Gasteiger partial charge < -0.3 is 79.9 Å². The molecule has 16 nitrogen and oxygen atoms in total. The lowest BCUT2D eigenvalue weighted by atomic mass is 9.98. The van der Waals surface area contributed by atoms with Crippen molar-refractivity contribution in [3.63, 3.8) is 0 Å².